The zero-order chi connectivity index (χ0) is 13.9. The molecule has 7 heteroatoms. The molecular formula is C12H19N3O4. The SMILES string of the molecule is O=C(NCCNC(=O)C1CC1)NCC1(C(=O)O)CC1. The van der Waals surface area contributed by atoms with Gasteiger partial charge >= 0.3 is 12.0 Å². The lowest BCUT2D eigenvalue weighted by Crippen LogP contribution is -2.43. The summed E-state index contributed by atoms with van der Waals surface area (Å²) < 4.78 is 0. The molecule has 4 N–H and O–H groups in total. The molecule has 2 saturated carbocycles. The Morgan fingerprint density at radius 2 is 1.68 bits per heavy atom. The van der Waals surface area contributed by atoms with Crippen molar-refractivity contribution in [3.05, 3.63) is 0 Å². The fraction of sp³-hybridized carbons (Fsp3) is 0.750. The Morgan fingerprint density at radius 3 is 2.21 bits per heavy atom. The number of carboxylic acids is 1. The first-order chi connectivity index (χ1) is 9.03. The zero-order valence-corrected chi connectivity index (χ0v) is 10.7. The van der Waals surface area contributed by atoms with Crippen LogP contribution in [0.15, 0.2) is 0 Å². The number of amides is 3. The van der Waals surface area contributed by atoms with Crippen molar-refractivity contribution in [2.45, 2.75) is 25.7 Å². The maximum absolute atomic E-state index is 11.4. The number of rotatable bonds is 7. The molecule has 0 unspecified atom stereocenters. The van der Waals surface area contributed by atoms with Crippen molar-refractivity contribution in [2.75, 3.05) is 19.6 Å². The quantitative estimate of drug-likeness (QED) is 0.475. The Bertz CT molecular complexity index is 388. The van der Waals surface area contributed by atoms with Crippen molar-refractivity contribution in [1.29, 1.82) is 0 Å². The summed E-state index contributed by atoms with van der Waals surface area (Å²) in [7, 11) is 0. The molecule has 0 aromatic rings. The Balaban J connectivity index is 1.52. The van der Waals surface area contributed by atoms with E-state index in [9.17, 15) is 14.4 Å². The van der Waals surface area contributed by atoms with Gasteiger partial charge in [-0.05, 0) is 25.7 Å². The minimum absolute atomic E-state index is 0.0463. The summed E-state index contributed by atoms with van der Waals surface area (Å²) in [5.41, 5.74) is -0.752. The van der Waals surface area contributed by atoms with E-state index in [0.29, 0.717) is 25.9 Å². The van der Waals surface area contributed by atoms with Gasteiger partial charge in [-0.15, -0.1) is 0 Å². The van der Waals surface area contributed by atoms with Gasteiger partial charge in [-0.3, -0.25) is 9.59 Å². The summed E-state index contributed by atoms with van der Waals surface area (Å²) in [6, 6.07) is -0.395. The van der Waals surface area contributed by atoms with Crippen LogP contribution in [0.5, 0.6) is 0 Å². The van der Waals surface area contributed by atoms with Gasteiger partial charge < -0.3 is 21.1 Å². The normalized spacial score (nSPS) is 19.4. The fourth-order valence-electron chi connectivity index (χ4n) is 1.78. The number of aliphatic carboxylic acids is 1. The summed E-state index contributed by atoms with van der Waals surface area (Å²) in [6.45, 7) is 0.889. The maximum Gasteiger partial charge on any atom is 0.314 e. The van der Waals surface area contributed by atoms with E-state index in [4.69, 9.17) is 5.11 Å². The number of urea groups is 1. The van der Waals surface area contributed by atoms with Gasteiger partial charge in [-0.25, -0.2) is 4.79 Å². The highest BCUT2D eigenvalue weighted by atomic mass is 16.4. The predicted molar refractivity (Wildman–Crippen MR) is 66.4 cm³/mol. The summed E-state index contributed by atoms with van der Waals surface area (Å²) >= 11 is 0. The first kappa shape index (κ1) is 13.6. The van der Waals surface area contributed by atoms with E-state index < -0.39 is 17.4 Å². The van der Waals surface area contributed by atoms with Crippen LogP contribution in [0.1, 0.15) is 25.7 Å². The third-order valence-corrected chi connectivity index (χ3v) is 3.55. The Morgan fingerprint density at radius 1 is 1.05 bits per heavy atom. The molecule has 19 heavy (non-hydrogen) atoms. The van der Waals surface area contributed by atoms with Crippen LogP contribution in [0.3, 0.4) is 0 Å². The standard InChI is InChI=1S/C12H19N3O4/c16-9(8-1-2-8)13-5-6-14-11(19)15-7-12(3-4-12)10(17)18/h8H,1-7H2,(H,13,16)(H,17,18)(H2,14,15,19). The molecule has 0 atom stereocenters. The van der Waals surface area contributed by atoms with Crippen molar-refractivity contribution >= 4 is 17.9 Å². The Labute approximate surface area is 111 Å². The van der Waals surface area contributed by atoms with Gasteiger partial charge in [-0.2, -0.15) is 0 Å². The molecule has 2 aliphatic carbocycles. The molecule has 0 heterocycles. The minimum atomic E-state index is -0.857. The highest BCUT2D eigenvalue weighted by Crippen LogP contribution is 2.45. The van der Waals surface area contributed by atoms with Crippen LogP contribution in [0.2, 0.25) is 0 Å². The van der Waals surface area contributed by atoms with Gasteiger partial charge in [-0.1, -0.05) is 0 Å². The highest BCUT2D eigenvalue weighted by Gasteiger charge is 2.50. The fourth-order valence-corrected chi connectivity index (χ4v) is 1.78. The molecule has 0 bridgehead atoms. The molecule has 2 fully saturated rings. The van der Waals surface area contributed by atoms with Crippen molar-refractivity contribution in [3.8, 4) is 0 Å². The second kappa shape index (κ2) is 5.46. The first-order valence-electron chi connectivity index (χ1n) is 6.56. The molecule has 0 aromatic heterocycles. The number of carbonyl (C=O) groups is 3. The predicted octanol–water partition coefficient (Wildman–Crippen LogP) is -0.323. The first-order valence-corrected chi connectivity index (χ1v) is 6.56. The number of hydrogen-bond donors (Lipinski definition) is 4. The molecule has 3 amide bonds. The van der Waals surface area contributed by atoms with Gasteiger partial charge in [0.25, 0.3) is 0 Å². The van der Waals surface area contributed by atoms with E-state index in [0.717, 1.165) is 12.8 Å². The van der Waals surface area contributed by atoms with Crippen molar-refractivity contribution in [1.82, 2.24) is 16.0 Å². The monoisotopic (exact) mass is 269 g/mol. The second-order valence-corrected chi connectivity index (χ2v) is 5.26. The minimum Gasteiger partial charge on any atom is -0.481 e. The van der Waals surface area contributed by atoms with Gasteiger partial charge in [0.1, 0.15) is 0 Å². The van der Waals surface area contributed by atoms with Gasteiger partial charge in [0, 0.05) is 25.6 Å². The van der Waals surface area contributed by atoms with E-state index in [1.165, 1.54) is 0 Å². The molecule has 2 aliphatic rings. The summed E-state index contributed by atoms with van der Waals surface area (Å²) in [4.78, 5) is 33.6. The van der Waals surface area contributed by atoms with Crippen molar-refractivity contribution in [3.63, 3.8) is 0 Å². The molecule has 106 valence electrons. The second-order valence-electron chi connectivity index (χ2n) is 5.26. The van der Waals surface area contributed by atoms with Crippen molar-refractivity contribution in [2.24, 2.45) is 11.3 Å². The van der Waals surface area contributed by atoms with E-state index >= 15 is 0 Å². The largest absolute Gasteiger partial charge is 0.481 e. The van der Waals surface area contributed by atoms with Gasteiger partial charge in [0.05, 0.1) is 5.41 Å². The van der Waals surface area contributed by atoms with E-state index in [2.05, 4.69) is 16.0 Å². The lowest BCUT2D eigenvalue weighted by Gasteiger charge is -2.12. The maximum atomic E-state index is 11.4. The van der Waals surface area contributed by atoms with Crippen LogP contribution < -0.4 is 16.0 Å². The summed E-state index contributed by atoms with van der Waals surface area (Å²) in [5.74, 6) is -0.645. The van der Waals surface area contributed by atoms with E-state index in [1.807, 2.05) is 0 Å². The summed E-state index contributed by atoms with van der Waals surface area (Å²) in [5, 5.41) is 16.8. The lowest BCUT2D eigenvalue weighted by atomic mass is 10.1. The molecular weight excluding hydrogens is 250 g/mol. The summed E-state index contributed by atoms with van der Waals surface area (Å²) in [6.07, 6.45) is 3.13. The lowest BCUT2D eigenvalue weighted by molar-refractivity contribution is -0.143. The Kier molecular flexibility index (Phi) is 3.92. The van der Waals surface area contributed by atoms with E-state index in [-0.39, 0.29) is 18.4 Å². The topological polar surface area (TPSA) is 108 Å². The third-order valence-electron chi connectivity index (χ3n) is 3.55. The zero-order valence-electron chi connectivity index (χ0n) is 10.7. The smallest absolute Gasteiger partial charge is 0.314 e. The molecule has 0 saturated heterocycles. The number of carbonyl (C=O) groups excluding carboxylic acids is 2. The van der Waals surface area contributed by atoms with Crippen molar-refractivity contribution < 1.29 is 19.5 Å². The average Bonchev–Trinajstić information content (AvgIpc) is 3.25. The van der Waals surface area contributed by atoms with Gasteiger partial charge in [0.2, 0.25) is 5.91 Å². The van der Waals surface area contributed by atoms with Crippen LogP contribution in [0, 0.1) is 11.3 Å². The van der Waals surface area contributed by atoms with Crippen LogP contribution >= 0.6 is 0 Å². The molecule has 0 aliphatic heterocycles. The van der Waals surface area contributed by atoms with Crippen LogP contribution in [-0.4, -0.2) is 42.6 Å². The molecule has 7 nitrogen and oxygen atoms in total. The molecule has 0 aromatic carbocycles. The van der Waals surface area contributed by atoms with Crippen LogP contribution in [-0.2, 0) is 9.59 Å². The molecule has 0 radical (unpaired) electrons. The molecule has 0 spiro atoms. The molecule has 2 rings (SSSR count). The van der Waals surface area contributed by atoms with Gasteiger partial charge in [0.15, 0.2) is 0 Å². The Hall–Kier alpha value is -1.79. The average molecular weight is 269 g/mol. The van der Waals surface area contributed by atoms with Crippen LogP contribution in [0.25, 0.3) is 0 Å². The number of hydrogen-bond acceptors (Lipinski definition) is 3. The van der Waals surface area contributed by atoms with E-state index in [1.54, 1.807) is 0 Å². The highest BCUT2D eigenvalue weighted by molar-refractivity contribution is 5.81. The third kappa shape index (κ3) is 3.84. The number of carboxylic acid groups (broad SMARTS) is 1. The number of nitrogens with one attached hydrogen (secondary N) is 3. The van der Waals surface area contributed by atoms with Crippen LogP contribution in [0.4, 0.5) is 4.79 Å².